The molecule has 0 saturated carbocycles. The van der Waals surface area contributed by atoms with Gasteiger partial charge in [-0.1, -0.05) is 39.8 Å². The first-order valence-corrected chi connectivity index (χ1v) is 6.90. The van der Waals surface area contributed by atoms with Gasteiger partial charge in [-0.25, -0.2) is 0 Å². The Morgan fingerprint density at radius 1 is 1.28 bits per heavy atom. The van der Waals surface area contributed by atoms with Crippen LogP contribution in [-0.4, -0.2) is 12.6 Å². The minimum atomic E-state index is 0.124. The minimum absolute atomic E-state index is 0.124. The van der Waals surface area contributed by atoms with Gasteiger partial charge in [0.05, 0.1) is 6.04 Å². The molecule has 0 saturated heterocycles. The van der Waals surface area contributed by atoms with Crippen LogP contribution < -0.4 is 10.1 Å². The molecule has 0 bridgehead atoms. The highest BCUT2D eigenvalue weighted by Crippen LogP contribution is 2.45. The van der Waals surface area contributed by atoms with Gasteiger partial charge in [-0.2, -0.15) is 0 Å². The molecule has 0 radical (unpaired) electrons. The Kier molecular flexibility index (Phi) is 3.41. The Labute approximate surface area is 111 Å². The summed E-state index contributed by atoms with van der Waals surface area (Å²) >= 11 is 0. The highest BCUT2D eigenvalue weighted by Gasteiger charge is 2.35. The largest absolute Gasteiger partial charge is 0.488 e. The first-order chi connectivity index (χ1) is 8.36. The molecule has 0 aliphatic carbocycles. The second-order valence-corrected chi connectivity index (χ2v) is 6.28. The van der Waals surface area contributed by atoms with Gasteiger partial charge in [0, 0.05) is 5.56 Å². The van der Waals surface area contributed by atoms with E-state index in [2.05, 4.69) is 59.0 Å². The predicted octanol–water partition coefficient (Wildman–Crippen LogP) is 3.72. The van der Waals surface area contributed by atoms with Crippen LogP contribution in [-0.2, 0) is 5.41 Å². The highest BCUT2D eigenvalue weighted by molar-refractivity contribution is 5.53. The van der Waals surface area contributed by atoms with Crippen LogP contribution in [0.4, 0.5) is 0 Å². The quantitative estimate of drug-likeness (QED) is 0.860. The van der Waals surface area contributed by atoms with Crippen molar-refractivity contribution in [2.45, 2.75) is 59.1 Å². The first-order valence-electron chi connectivity index (χ1n) is 6.90. The number of likely N-dealkylation sites (N-methyl/N-ethyl adjacent to an activating group) is 1. The summed E-state index contributed by atoms with van der Waals surface area (Å²) in [5, 5.41) is 3.54. The van der Waals surface area contributed by atoms with Gasteiger partial charge in [-0.3, -0.25) is 0 Å². The van der Waals surface area contributed by atoms with Gasteiger partial charge in [0.2, 0.25) is 0 Å². The monoisotopic (exact) mass is 247 g/mol. The summed E-state index contributed by atoms with van der Waals surface area (Å²) in [5.41, 5.74) is 4.12. The van der Waals surface area contributed by atoms with Gasteiger partial charge < -0.3 is 10.1 Å². The van der Waals surface area contributed by atoms with Crippen LogP contribution >= 0.6 is 0 Å². The van der Waals surface area contributed by atoms with Crippen LogP contribution in [0.15, 0.2) is 12.1 Å². The number of nitrogens with one attached hydrogen (secondary N) is 1. The van der Waals surface area contributed by atoms with E-state index in [1.165, 1.54) is 16.7 Å². The smallest absolute Gasteiger partial charge is 0.128 e. The Bertz CT molecular complexity index is 445. The number of hydrogen-bond acceptors (Lipinski definition) is 2. The second-order valence-electron chi connectivity index (χ2n) is 6.28. The van der Waals surface area contributed by atoms with Crippen LogP contribution in [0.1, 0.15) is 57.4 Å². The van der Waals surface area contributed by atoms with Gasteiger partial charge in [0.15, 0.2) is 0 Å². The lowest BCUT2D eigenvalue weighted by Gasteiger charge is -2.22. The standard InChI is InChI=1S/C16H25NO/c1-7-17-14-11(3)18-15-12(16(4,5)6)9-8-10(2)13(14)15/h8-9,11,14,17H,7H2,1-6H3. The number of rotatable bonds is 2. The zero-order chi connectivity index (χ0) is 13.5. The summed E-state index contributed by atoms with van der Waals surface area (Å²) in [4.78, 5) is 0. The van der Waals surface area contributed by atoms with Gasteiger partial charge >= 0.3 is 0 Å². The van der Waals surface area contributed by atoms with E-state index in [1.54, 1.807) is 0 Å². The summed E-state index contributed by atoms with van der Waals surface area (Å²) in [6.45, 7) is 14.2. The summed E-state index contributed by atoms with van der Waals surface area (Å²) in [6, 6.07) is 4.77. The van der Waals surface area contributed by atoms with Crippen LogP contribution in [0.2, 0.25) is 0 Å². The van der Waals surface area contributed by atoms with Crippen molar-refractivity contribution in [1.29, 1.82) is 0 Å². The number of hydrogen-bond donors (Lipinski definition) is 1. The Hall–Kier alpha value is -1.02. The van der Waals surface area contributed by atoms with E-state index in [0.29, 0.717) is 6.04 Å². The maximum absolute atomic E-state index is 6.15. The molecule has 1 N–H and O–H groups in total. The molecule has 0 aromatic heterocycles. The summed E-state index contributed by atoms with van der Waals surface area (Å²) < 4.78 is 6.15. The molecule has 1 aliphatic rings. The van der Waals surface area contributed by atoms with Crippen molar-refractivity contribution >= 4 is 0 Å². The number of ether oxygens (including phenoxy) is 1. The van der Waals surface area contributed by atoms with Crippen LogP contribution in [0.3, 0.4) is 0 Å². The maximum atomic E-state index is 6.15. The molecule has 0 fully saturated rings. The minimum Gasteiger partial charge on any atom is -0.488 e. The van der Waals surface area contributed by atoms with E-state index in [-0.39, 0.29) is 11.5 Å². The van der Waals surface area contributed by atoms with Gasteiger partial charge in [-0.05, 0) is 36.9 Å². The van der Waals surface area contributed by atoms with Crippen molar-refractivity contribution in [2.75, 3.05) is 6.54 Å². The van der Waals surface area contributed by atoms with Crippen molar-refractivity contribution in [1.82, 2.24) is 5.32 Å². The fourth-order valence-corrected chi connectivity index (χ4v) is 2.78. The lowest BCUT2D eigenvalue weighted by atomic mass is 9.83. The number of fused-ring (bicyclic) bond motifs is 1. The summed E-state index contributed by atoms with van der Waals surface area (Å²) in [6.07, 6.45) is 0.210. The molecule has 2 rings (SSSR count). The van der Waals surface area contributed by atoms with Gasteiger partial charge in [-0.15, -0.1) is 0 Å². The molecular weight excluding hydrogens is 222 g/mol. The topological polar surface area (TPSA) is 21.3 Å². The average Bonchev–Trinajstić information content (AvgIpc) is 2.56. The van der Waals surface area contributed by atoms with Crippen molar-refractivity contribution in [3.63, 3.8) is 0 Å². The van der Waals surface area contributed by atoms with E-state index >= 15 is 0 Å². The fraction of sp³-hybridized carbons (Fsp3) is 0.625. The van der Waals surface area contributed by atoms with Crippen molar-refractivity contribution < 1.29 is 4.74 Å². The maximum Gasteiger partial charge on any atom is 0.128 e. The van der Waals surface area contributed by atoms with Gasteiger partial charge in [0.25, 0.3) is 0 Å². The first kappa shape index (κ1) is 13.4. The average molecular weight is 247 g/mol. The molecule has 2 atom stereocenters. The Morgan fingerprint density at radius 3 is 2.50 bits per heavy atom. The SMILES string of the molecule is CCNC1c2c(C)ccc(C(C)(C)C)c2OC1C. The Balaban J connectivity index is 2.55. The lowest BCUT2D eigenvalue weighted by Crippen LogP contribution is -2.28. The molecule has 1 aromatic rings. The number of aryl methyl sites for hydroxylation is 1. The molecule has 100 valence electrons. The molecule has 0 spiro atoms. The molecule has 1 heterocycles. The predicted molar refractivity (Wildman–Crippen MR) is 76.4 cm³/mol. The zero-order valence-electron chi connectivity index (χ0n) is 12.4. The van der Waals surface area contributed by atoms with E-state index in [4.69, 9.17) is 4.74 Å². The highest BCUT2D eigenvalue weighted by atomic mass is 16.5. The molecule has 0 amide bonds. The van der Waals surface area contributed by atoms with Crippen molar-refractivity contribution in [2.24, 2.45) is 0 Å². The van der Waals surface area contributed by atoms with E-state index in [9.17, 15) is 0 Å². The molecule has 2 heteroatoms. The third kappa shape index (κ3) is 2.14. The second kappa shape index (κ2) is 4.58. The molecular formula is C16H25NO. The van der Waals surface area contributed by atoms with Crippen molar-refractivity contribution in [3.05, 3.63) is 28.8 Å². The van der Waals surface area contributed by atoms with Crippen molar-refractivity contribution in [3.8, 4) is 5.75 Å². The Morgan fingerprint density at radius 2 is 1.94 bits per heavy atom. The fourth-order valence-electron chi connectivity index (χ4n) is 2.78. The number of benzene rings is 1. The molecule has 1 aromatic carbocycles. The molecule has 2 unspecified atom stereocenters. The lowest BCUT2D eigenvalue weighted by molar-refractivity contribution is 0.207. The normalized spacial score (nSPS) is 22.8. The third-order valence-corrected chi connectivity index (χ3v) is 3.73. The van der Waals surface area contributed by atoms with E-state index in [0.717, 1.165) is 12.3 Å². The van der Waals surface area contributed by atoms with Gasteiger partial charge in [0.1, 0.15) is 11.9 Å². The molecule has 1 aliphatic heterocycles. The van der Waals surface area contributed by atoms with Crippen LogP contribution in [0.25, 0.3) is 0 Å². The molecule has 18 heavy (non-hydrogen) atoms. The van der Waals surface area contributed by atoms with E-state index in [1.807, 2.05) is 0 Å². The third-order valence-electron chi connectivity index (χ3n) is 3.73. The molecule has 2 nitrogen and oxygen atoms in total. The van der Waals surface area contributed by atoms with E-state index < -0.39 is 0 Å². The van der Waals surface area contributed by atoms with Crippen LogP contribution in [0, 0.1) is 6.92 Å². The summed E-state index contributed by atoms with van der Waals surface area (Å²) in [5.74, 6) is 1.11. The summed E-state index contributed by atoms with van der Waals surface area (Å²) in [7, 11) is 0. The zero-order valence-corrected chi connectivity index (χ0v) is 12.4. The van der Waals surface area contributed by atoms with Crippen LogP contribution in [0.5, 0.6) is 5.75 Å².